The van der Waals surface area contributed by atoms with Gasteiger partial charge in [-0.05, 0) is 23.8 Å². The largest absolute Gasteiger partial charge is 0.491 e. The highest BCUT2D eigenvalue weighted by atomic mass is 32.2. The van der Waals surface area contributed by atoms with Gasteiger partial charge in [-0.15, -0.1) is 0 Å². The van der Waals surface area contributed by atoms with Gasteiger partial charge in [0.1, 0.15) is 12.4 Å². The van der Waals surface area contributed by atoms with Gasteiger partial charge < -0.3 is 15.6 Å². The molecule has 4 heteroatoms. The number of nitrogen functional groups attached to an aromatic ring is 1. The van der Waals surface area contributed by atoms with E-state index in [1.807, 2.05) is 18.2 Å². The third-order valence-electron chi connectivity index (χ3n) is 2.06. The Balaban J connectivity index is 2.21. The van der Waals surface area contributed by atoms with E-state index >= 15 is 0 Å². The molecule has 0 aliphatic carbocycles. The average Bonchev–Trinajstić information content (AvgIpc) is 2.26. The number of aliphatic hydroxyl groups is 1. The van der Waals surface area contributed by atoms with Gasteiger partial charge in [-0.2, -0.15) is 11.8 Å². The third-order valence-corrected chi connectivity index (χ3v) is 3.58. The maximum atomic E-state index is 9.72. The zero-order chi connectivity index (χ0) is 12.7. The molecule has 0 aromatic heterocycles. The van der Waals surface area contributed by atoms with E-state index in [-0.39, 0.29) is 0 Å². The van der Waals surface area contributed by atoms with Gasteiger partial charge in [-0.1, -0.05) is 19.9 Å². The second-order valence-electron chi connectivity index (χ2n) is 4.47. The summed E-state index contributed by atoms with van der Waals surface area (Å²) < 4.78 is 5.46. The smallest absolute Gasteiger partial charge is 0.121 e. The van der Waals surface area contributed by atoms with Gasteiger partial charge in [0.2, 0.25) is 0 Å². The summed E-state index contributed by atoms with van der Waals surface area (Å²) in [5, 5.41) is 9.72. The molecule has 0 spiro atoms. The Morgan fingerprint density at radius 1 is 1.35 bits per heavy atom. The molecule has 0 aliphatic rings. The predicted molar refractivity (Wildman–Crippen MR) is 74.5 cm³/mol. The standard InChI is InChI=1S/C13H21NO2S/c1-10(2)8-17-9-12(15)7-16-13-5-3-4-11(14)6-13/h3-6,10,12,15H,7-9,14H2,1-2H3. The fourth-order valence-corrected chi connectivity index (χ4v) is 2.26. The molecule has 1 atom stereocenters. The van der Waals surface area contributed by atoms with Crippen LogP contribution in [0.2, 0.25) is 0 Å². The zero-order valence-corrected chi connectivity index (χ0v) is 11.2. The topological polar surface area (TPSA) is 55.5 Å². The van der Waals surface area contributed by atoms with Crippen LogP contribution in [0.3, 0.4) is 0 Å². The van der Waals surface area contributed by atoms with Gasteiger partial charge in [0.05, 0.1) is 6.10 Å². The summed E-state index contributed by atoms with van der Waals surface area (Å²) in [6.45, 7) is 4.65. The Hall–Kier alpha value is -0.870. The molecule has 1 aromatic rings. The van der Waals surface area contributed by atoms with Crippen molar-refractivity contribution < 1.29 is 9.84 Å². The maximum Gasteiger partial charge on any atom is 0.121 e. The number of hydrogen-bond donors (Lipinski definition) is 2. The van der Waals surface area contributed by atoms with Crippen molar-refractivity contribution in [3.63, 3.8) is 0 Å². The molecule has 0 fully saturated rings. The lowest BCUT2D eigenvalue weighted by molar-refractivity contribution is 0.126. The Bertz CT molecular complexity index is 331. The van der Waals surface area contributed by atoms with E-state index in [9.17, 15) is 5.11 Å². The van der Waals surface area contributed by atoms with Crippen molar-refractivity contribution >= 4 is 17.4 Å². The Kier molecular flexibility index (Phi) is 6.22. The van der Waals surface area contributed by atoms with E-state index in [2.05, 4.69) is 13.8 Å². The third kappa shape index (κ3) is 6.44. The van der Waals surface area contributed by atoms with E-state index in [0.29, 0.717) is 29.7 Å². The minimum absolute atomic E-state index is 0.314. The molecule has 0 radical (unpaired) electrons. The highest BCUT2D eigenvalue weighted by Crippen LogP contribution is 2.15. The Morgan fingerprint density at radius 2 is 2.12 bits per heavy atom. The summed E-state index contributed by atoms with van der Waals surface area (Å²) in [4.78, 5) is 0. The number of nitrogens with two attached hydrogens (primary N) is 1. The van der Waals surface area contributed by atoms with Crippen LogP contribution in [-0.4, -0.2) is 29.3 Å². The lowest BCUT2D eigenvalue weighted by Gasteiger charge is -2.13. The van der Waals surface area contributed by atoms with Crippen molar-refractivity contribution in [1.29, 1.82) is 0 Å². The monoisotopic (exact) mass is 255 g/mol. The average molecular weight is 255 g/mol. The molecule has 3 nitrogen and oxygen atoms in total. The quantitative estimate of drug-likeness (QED) is 0.735. The molecule has 0 amide bonds. The van der Waals surface area contributed by atoms with Crippen molar-refractivity contribution in [1.82, 2.24) is 0 Å². The van der Waals surface area contributed by atoms with Crippen LogP contribution in [0.5, 0.6) is 5.75 Å². The number of thioether (sulfide) groups is 1. The molecule has 0 saturated heterocycles. The summed E-state index contributed by atoms with van der Waals surface area (Å²) >= 11 is 1.75. The van der Waals surface area contributed by atoms with Crippen LogP contribution in [0, 0.1) is 5.92 Å². The number of ether oxygens (including phenoxy) is 1. The van der Waals surface area contributed by atoms with E-state index in [0.717, 1.165) is 5.75 Å². The van der Waals surface area contributed by atoms with E-state index in [1.54, 1.807) is 17.8 Å². The molecule has 0 heterocycles. The molecule has 17 heavy (non-hydrogen) atoms. The van der Waals surface area contributed by atoms with Gasteiger partial charge in [0.15, 0.2) is 0 Å². The molecule has 0 saturated carbocycles. The number of aliphatic hydroxyl groups excluding tert-OH is 1. The summed E-state index contributed by atoms with van der Waals surface area (Å²) in [6, 6.07) is 7.24. The van der Waals surface area contributed by atoms with Crippen LogP contribution in [-0.2, 0) is 0 Å². The summed E-state index contributed by atoms with van der Waals surface area (Å²) in [5.41, 5.74) is 6.30. The van der Waals surface area contributed by atoms with Crippen molar-refractivity contribution in [2.45, 2.75) is 20.0 Å². The first kappa shape index (κ1) is 14.2. The van der Waals surface area contributed by atoms with Gasteiger partial charge in [0.25, 0.3) is 0 Å². The van der Waals surface area contributed by atoms with Crippen LogP contribution in [0.4, 0.5) is 5.69 Å². The Morgan fingerprint density at radius 3 is 2.76 bits per heavy atom. The zero-order valence-electron chi connectivity index (χ0n) is 10.4. The molecular formula is C13H21NO2S. The van der Waals surface area contributed by atoms with E-state index in [4.69, 9.17) is 10.5 Å². The highest BCUT2D eigenvalue weighted by Gasteiger charge is 2.06. The van der Waals surface area contributed by atoms with Crippen molar-refractivity contribution in [2.75, 3.05) is 23.8 Å². The molecule has 3 N–H and O–H groups in total. The first-order chi connectivity index (χ1) is 8.08. The van der Waals surface area contributed by atoms with Crippen molar-refractivity contribution in [3.8, 4) is 5.75 Å². The van der Waals surface area contributed by atoms with Gasteiger partial charge >= 0.3 is 0 Å². The molecule has 0 bridgehead atoms. The minimum Gasteiger partial charge on any atom is -0.491 e. The molecule has 1 aromatic carbocycles. The number of anilines is 1. The predicted octanol–water partition coefficient (Wildman–Crippen LogP) is 2.40. The Labute approximate surface area is 107 Å². The first-order valence-electron chi connectivity index (χ1n) is 5.82. The number of benzene rings is 1. The van der Waals surface area contributed by atoms with Crippen LogP contribution >= 0.6 is 11.8 Å². The van der Waals surface area contributed by atoms with Gasteiger partial charge in [-0.25, -0.2) is 0 Å². The molecule has 96 valence electrons. The molecule has 1 rings (SSSR count). The van der Waals surface area contributed by atoms with Crippen LogP contribution in [0.15, 0.2) is 24.3 Å². The van der Waals surface area contributed by atoms with Gasteiger partial charge in [-0.3, -0.25) is 0 Å². The number of hydrogen-bond acceptors (Lipinski definition) is 4. The molecular weight excluding hydrogens is 234 g/mol. The van der Waals surface area contributed by atoms with Crippen LogP contribution in [0.25, 0.3) is 0 Å². The van der Waals surface area contributed by atoms with Gasteiger partial charge in [0, 0.05) is 17.5 Å². The fourth-order valence-electron chi connectivity index (χ4n) is 1.28. The first-order valence-corrected chi connectivity index (χ1v) is 6.97. The summed E-state index contributed by atoms with van der Waals surface area (Å²) in [7, 11) is 0. The SMILES string of the molecule is CC(C)CSCC(O)COc1cccc(N)c1. The molecule has 0 aliphatic heterocycles. The second-order valence-corrected chi connectivity index (χ2v) is 5.54. The van der Waals surface area contributed by atoms with Crippen LogP contribution in [0.1, 0.15) is 13.8 Å². The van der Waals surface area contributed by atoms with Crippen molar-refractivity contribution in [2.24, 2.45) is 5.92 Å². The van der Waals surface area contributed by atoms with E-state index < -0.39 is 6.10 Å². The molecule has 1 unspecified atom stereocenters. The lowest BCUT2D eigenvalue weighted by Crippen LogP contribution is -2.20. The van der Waals surface area contributed by atoms with Crippen LogP contribution < -0.4 is 10.5 Å². The summed E-state index contributed by atoms with van der Waals surface area (Å²) in [5.74, 6) is 3.13. The fraction of sp³-hybridized carbons (Fsp3) is 0.538. The lowest BCUT2D eigenvalue weighted by atomic mass is 10.3. The normalized spacial score (nSPS) is 12.7. The highest BCUT2D eigenvalue weighted by molar-refractivity contribution is 7.99. The van der Waals surface area contributed by atoms with Crippen molar-refractivity contribution in [3.05, 3.63) is 24.3 Å². The minimum atomic E-state index is -0.430. The summed E-state index contributed by atoms with van der Waals surface area (Å²) in [6.07, 6.45) is -0.430. The maximum absolute atomic E-state index is 9.72. The number of rotatable bonds is 7. The second kappa shape index (κ2) is 7.45. The van der Waals surface area contributed by atoms with E-state index in [1.165, 1.54) is 0 Å².